The first kappa shape index (κ1) is 16.5. The summed E-state index contributed by atoms with van der Waals surface area (Å²) in [7, 11) is 0. The van der Waals surface area contributed by atoms with Crippen molar-refractivity contribution in [3.8, 4) is 0 Å². The first-order chi connectivity index (χ1) is 12.2. The van der Waals surface area contributed by atoms with E-state index in [0.717, 1.165) is 69.2 Å². The molecule has 0 N–H and O–H groups in total. The number of aromatic nitrogens is 4. The molecule has 0 atom stereocenters. The molecule has 8 heteroatoms. The van der Waals surface area contributed by atoms with E-state index in [-0.39, 0.29) is 5.56 Å². The minimum atomic E-state index is 0.0221. The van der Waals surface area contributed by atoms with Crippen LogP contribution in [0.1, 0.15) is 17.7 Å². The van der Waals surface area contributed by atoms with Gasteiger partial charge in [0.2, 0.25) is 5.95 Å². The smallest absolute Gasteiger partial charge is 0.267 e. The second-order valence-electron chi connectivity index (χ2n) is 6.56. The molecule has 1 saturated heterocycles. The number of fused-ring (bicyclic) bond motifs is 1. The van der Waals surface area contributed by atoms with Gasteiger partial charge in [0, 0.05) is 38.8 Å². The largest absolute Gasteiger partial charge is 0.338 e. The van der Waals surface area contributed by atoms with Crippen LogP contribution in [0, 0.1) is 0 Å². The van der Waals surface area contributed by atoms with Crippen LogP contribution in [0.4, 0.5) is 5.95 Å². The van der Waals surface area contributed by atoms with Crippen LogP contribution in [-0.2, 0) is 19.4 Å². The number of piperazine rings is 1. The number of aryl methyl sites for hydroxylation is 2. The van der Waals surface area contributed by atoms with E-state index in [9.17, 15) is 4.79 Å². The van der Waals surface area contributed by atoms with Crippen molar-refractivity contribution in [2.45, 2.75) is 25.8 Å². The van der Waals surface area contributed by atoms with E-state index >= 15 is 0 Å². The van der Waals surface area contributed by atoms with Gasteiger partial charge in [0.05, 0.1) is 29.7 Å². The highest BCUT2D eigenvalue weighted by Crippen LogP contribution is 2.17. The Bertz CT molecular complexity index is 798. The Hall–Kier alpha value is -1.99. The standard InChI is InChI=1S/C17H21ClN6O/c18-14-11-19-17(20-12-14)23-7-4-22(5-8-23)6-9-24-16(25)10-13-2-1-3-15(13)21-24/h10-12H,1-9H2. The summed E-state index contributed by atoms with van der Waals surface area (Å²) in [5.41, 5.74) is 2.26. The molecule has 0 spiro atoms. The second-order valence-corrected chi connectivity index (χ2v) is 7.00. The topological polar surface area (TPSA) is 67.2 Å². The molecule has 1 aliphatic heterocycles. The molecule has 0 radical (unpaired) electrons. The molecule has 4 rings (SSSR count). The zero-order chi connectivity index (χ0) is 17.2. The predicted molar refractivity (Wildman–Crippen MR) is 96.2 cm³/mol. The second kappa shape index (κ2) is 7.09. The number of hydrogen-bond acceptors (Lipinski definition) is 6. The number of rotatable bonds is 4. The van der Waals surface area contributed by atoms with Crippen LogP contribution >= 0.6 is 11.6 Å². The highest BCUT2D eigenvalue weighted by atomic mass is 35.5. The molecule has 7 nitrogen and oxygen atoms in total. The minimum Gasteiger partial charge on any atom is -0.338 e. The summed E-state index contributed by atoms with van der Waals surface area (Å²) in [6, 6.07) is 1.77. The van der Waals surface area contributed by atoms with Crippen LogP contribution in [0.3, 0.4) is 0 Å². The fraction of sp³-hybridized carbons (Fsp3) is 0.529. The van der Waals surface area contributed by atoms with Crippen molar-refractivity contribution in [1.29, 1.82) is 0 Å². The summed E-state index contributed by atoms with van der Waals surface area (Å²) in [6.45, 7) is 5.06. The molecule has 0 saturated carbocycles. The van der Waals surface area contributed by atoms with Gasteiger partial charge in [0.25, 0.3) is 5.56 Å². The summed E-state index contributed by atoms with van der Waals surface area (Å²) in [6.07, 6.45) is 6.35. The Morgan fingerprint density at radius 1 is 1.04 bits per heavy atom. The lowest BCUT2D eigenvalue weighted by atomic mass is 10.2. The van der Waals surface area contributed by atoms with E-state index in [1.807, 2.05) is 0 Å². The molecule has 0 unspecified atom stereocenters. The van der Waals surface area contributed by atoms with Gasteiger partial charge in [-0.2, -0.15) is 5.10 Å². The maximum absolute atomic E-state index is 12.2. The minimum absolute atomic E-state index is 0.0221. The molecular weight excluding hydrogens is 340 g/mol. The van der Waals surface area contributed by atoms with E-state index in [4.69, 9.17) is 11.6 Å². The van der Waals surface area contributed by atoms with Gasteiger partial charge in [0.15, 0.2) is 0 Å². The number of hydrogen-bond donors (Lipinski definition) is 0. The lowest BCUT2D eigenvalue weighted by molar-refractivity contribution is 0.241. The Labute approximate surface area is 151 Å². The Morgan fingerprint density at radius 2 is 1.80 bits per heavy atom. The van der Waals surface area contributed by atoms with Gasteiger partial charge in [-0.3, -0.25) is 9.69 Å². The molecule has 2 aromatic rings. The molecule has 0 amide bonds. The maximum Gasteiger partial charge on any atom is 0.267 e. The molecule has 2 aliphatic rings. The van der Waals surface area contributed by atoms with Crippen molar-refractivity contribution in [3.63, 3.8) is 0 Å². The van der Waals surface area contributed by atoms with E-state index < -0.39 is 0 Å². The van der Waals surface area contributed by atoms with Crippen LogP contribution in [0.15, 0.2) is 23.3 Å². The third-order valence-electron chi connectivity index (χ3n) is 4.91. The number of halogens is 1. The van der Waals surface area contributed by atoms with Crippen LogP contribution in [0.5, 0.6) is 0 Å². The average molecular weight is 361 g/mol. The Balaban J connectivity index is 1.32. The Kier molecular flexibility index (Phi) is 4.67. The van der Waals surface area contributed by atoms with Gasteiger partial charge in [0.1, 0.15) is 0 Å². The van der Waals surface area contributed by atoms with Crippen molar-refractivity contribution >= 4 is 17.5 Å². The number of anilines is 1. The van der Waals surface area contributed by atoms with E-state index in [1.54, 1.807) is 23.1 Å². The van der Waals surface area contributed by atoms with E-state index in [0.29, 0.717) is 11.6 Å². The van der Waals surface area contributed by atoms with E-state index in [2.05, 4.69) is 24.9 Å². The zero-order valence-electron chi connectivity index (χ0n) is 14.1. The van der Waals surface area contributed by atoms with Crippen molar-refractivity contribution in [2.24, 2.45) is 0 Å². The highest BCUT2D eigenvalue weighted by molar-refractivity contribution is 6.30. The van der Waals surface area contributed by atoms with Crippen LogP contribution in [-0.4, -0.2) is 57.4 Å². The van der Waals surface area contributed by atoms with Crippen LogP contribution in [0.25, 0.3) is 0 Å². The lowest BCUT2D eigenvalue weighted by Crippen LogP contribution is -2.48. The first-order valence-electron chi connectivity index (χ1n) is 8.74. The molecule has 1 fully saturated rings. The van der Waals surface area contributed by atoms with E-state index in [1.165, 1.54) is 0 Å². The lowest BCUT2D eigenvalue weighted by Gasteiger charge is -2.34. The van der Waals surface area contributed by atoms with Crippen molar-refractivity contribution in [2.75, 3.05) is 37.6 Å². The van der Waals surface area contributed by atoms with Crippen LogP contribution < -0.4 is 10.5 Å². The van der Waals surface area contributed by atoms with Gasteiger partial charge < -0.3 is 4.90 Å². The van der Waals surface area contributed by atoms with Gasteiger partial charge in [-0.25, -0.2) is 14.6 Å². The summed E-state index contributed by atoms with van der Waals surface area (Å²) >= 11 is 5.84. The SMILES string of the molecule is O=c1cc2c(nn1CCN1CCN(c3ncc(Cl)cn3)CC1)CCC2. The maximum atomic E-state index is 12.2. The van der Waals surface area contributed by atoms with Crippen molar-refractivity contribution in [3.05, 3.63) is 45.1 Å². The molecule has 1 aliphatic carbocycles. The fourth-order valence-electron chi connectivity index (χ4n) is 3.48. The normalized spacial score (nSPS) is 17.7. The van der Waals surface area contributed by atoms with Crippen molar-refractivity contribution < 1.29 is 0 Å². The summed E-state index contributed by atoms with van der Waals surface area (Å²) in [4.78, 5) is 25.2. The average Bonchev–Trinajstić information content (AvgIpc) is 3.08. The molecule has 0 aromatic carbocycles. The molecule has 0 bridgehead atoms. The monoisotopic (exact) mass is 360 g/mol. The molecular formula is C17H21ClN6O. The zero-order valence-corrected chi connectivity index (χ0v) is 14.8. The molecule has 3 heterocycles. The molecule has 2 aromatic heterocycles. The third-order valence-corrected chi connectivity index (χ3v) is 5.11. The Morgan fingerprint density at radius 3 is 2.56 bits per heavy atom. The number of nitrogens with zero attached hydrogens (tertiary/aromatic N) is 6. The van der Waals surface area contributed by atoms with Gasteiger partial charge in [-0.15, -0.1) is 0 Å². The summed E-state index contributed by atoms with van der Waals surface area (Å²) < 4.78 is 1.62. The highest BCUT2D eigenvalue weighted by Gasteiger charge is 2.19. The van der Waals surface area contributed by atoms with Gasteiger partial charge in [-0.1, -0.05) is 11.6 Å². The van der Waals surface area contributed by atoms with Crippen LogP contribution in [0.2, 0.25) is 5.02 Å². The van der Waals surface area contributed by atoms with Crippen molar-refractivity contribution in [1.82, 2.24) is 24.6 Å². The summed E-state index contributed by atoms with van der Waals surface area (Å²) in [5.74, 6) is 0.723. The predicted octanol–water partition coefficient (Wildman–Crippen LogP) is 0.998. The van der Waals surface area contributed by atoms with Gasteiger partial charge in [-0.05, 0) is 24.8 Å². The van der Waals surface area contributed by atoms with Gasteiger partial charge >= 0.3 is 0 Å². The third kappa shape index (κ3) is 3.67. The fourth-order valence-corrected chi connectivity index (χ4v) is 3.57. The molecule has 25 heavy (non-hydrogen) atoms. The summed E-state index contributed by atoms with van der Waals surface area (Å²) in [5, 5.41) is 5.09. The quantitative estimate of drug-likeness (QED) is 0.810. The molecule has 132 valence electrons. The first-order valence-corrected chi connectivity index (χ1v) is 9.11.